The van der Waals surface area contributed by atoms with E-state index >= 15 is 0 Å². The average molecular weight is 368 g/mol. The van der Waals surface area contributed by atoms with Crippen molar-refractivity contribution in [2.45, 2.75) is 82.9 Å². The number of aliphatic hydroxyl groups excluding tert-OH is 4. The minimum atomic E-state index is -1.35. The first-order chi connectivity index (χ1) is 11.8. The molecular weight excluding hydrogens is 336 g/mol. The third kappa shape index (κ3) is 2.69. The molecule has 1 unspecified atom stereocenters. The van der Waals surface area contributed by atoms with Crippen LogP contribution in [0.2, 0.25) is 0 Å². The fourth-order valence-corrected chi connectivity index (χ4v) is 5.90. The molecule has 3 rings (SSSR count). The van der Waals surface area contributed by atoms with Gasteiger partial charge in [-0.3, -0.25) is 4.79 Å². The minimum Gasteiger partial charge on any atom is -0.392 e. The average Bonchev–Trinajstić information content (AvgIpc) is 2.65. The highest BCUT2D eigenvalue weighted by Gasteiger charge is 2.65. The van der Waals surface area contributed by atoms with Crippen molar-refractivity contribution >= 4 is 5.78 Å². The van der Waals surface area contributed by atoms with Gasteiger partial charge in [-0.25, -0.2) is 0 Å². The molecule has 148 valence electrons. The van der Waals surface area contributed by atoms with Crippen LogP contribution in [-0.4, -0.2) is 61.3 Å². The van der Waals surface area contributed by atoms with Crippen LogP contribution in [0.15, 0.2) is 12.2 Å². The minimum absolute atomic E-state index is 0.00773. The van der Waals surface area contributed by atoms with Gasteiger partial charge in [0.1, 0.15) is 6.10 Å². The third-order valence-electron chi connectivity index (χ3n) is 7.58. The first-order valence-corrected chi connectivity index (χ1v) is 9.52. The Morgan fingerprint density at radius 2 is 1.65 bits per heavy atom. The van der Waals surface area contributed by atoms with Crippen molar-refractivity contribution in [2.24, 2.45) is 22.7 Å². The molecule has 0 amide bonds. The Hall–Kier alpha value is -0.790. The molecule has 5 N–H and O–H groups in total. The highest BCUT2D eigenvalue weighted by Crippen LogP contribution is 2.63. The summed E-state index contributed by atoms with van der Waals surface area (Å²) in [5.74, 6) is -1.15. The summed E-state index contributed by atoms with van der Waals surface area (Å²) in [5.41, 5.74) is -2.72. The van der Waals surface area contributed by atoms with E-state index in [1.165, 1.54) is 0 Å². The van der Waals surface area contributed by atoms with Gasteiger partial charge < -0.3 is 25.5 Å². The second-order valence-electron chi connectivity index (χ2n) is 9.60. The number of rotatable bonds is 0. The number of carbonyl (C=O) groups excluding carboxylic acids is 1. The largest absolute Gasteiger partial charge is 0.392 e. The SMILES string of the molecule is C=C1[C@@H](O)C[C@H](O)C(C)(C)C(=O)[C@H](O)CC23C[C@@](C)(O)[C@H](CC[C@@H]12)[C@H]3O. The molecule has 0 aromatic carbocycles. The summed E-state index contributed by atoms with van der Waals surface area (Å²) in [6.07, 6.45) is -2.96. The third-order valence-corrected chi connectivity index (χ3v) is 7.58. The van der Waals surface area contributed by atoms with Crippen LogP contribution in [0.5, 0.6) is 0 Å². The quantitative estimate of drug-likeness (QED) is 0.398. The van der Waals surface area contributed by atoms with Gasteiger partial charge in [0.15, 0.2) is 5.78 Å². The molecule has 3 aliphatic rings. The van der Waals surface area contributed by atoms with E-state index in [2.05, 4.69) is 6.58 Å². The second-order valence-corrected chi connectivity index (χ2v) is 9.60. The summed E-state index contributed by atoms with van der Waals surface area (Å²) in [6, 6.07) is 0. The van der Waals surface area contributed by atoms with E-state index in [1.54, 1.807) is 20.8 Å². The first-order valence-electron chi connectivity index (χ1n) is 9.52. The molecule has 1 spiro atoms. The van der Waals surface area contributed by atoms with E-state index in [1.807, 2.05) is 0 Å². The Morgan fingerprint density at radius 1 is 1.04 bits per heavy atom. The molecule has 0 aromatic heterocycles. The van der Waals surface area contributed by atoms with Crippen LogP contribution >= 0.6 is 0 Å². The number of carbonyl (C=O) groups is 1. The van der Waals surface area contributed by atoms with E-state index in [9.17, 15) is 30.3 Å². The maximum Gasteiger partial charge on any atom is 0.169 e. The second kappa shape index (κ2) is 6.11. The van der Waals surface area contributed by atoms with E-state index in [4.69, 9.17) is 0 Å². The molecule has 0 aromatic rings. The molecule has 3 saturated carbocycles. The molecule has 0 saturated heterocycles. The van der Waals surface area contributed by atoms with Crippen LogP contribution in [0.25, 0.3) is 0 Å². The lowest BCUT2D eigenvalue weighted by atomic mass is 9.58. The van der Waals surface area contributed by atoms with Crippen molar-refractivity contribution in [3.63, 3.8) is 0 Å². The molecular formula is C20H32O6. The molecule has 0 heterocycles. The van der Waals surface area contributed by atoms with Gasteiger partial charge >= 0.3 is 0 Å². The topological polar surface area (TPSA) is 118 Å². The predicted molar refractivity (Wildman–Crippen MR) is 95.1 cm³/mol. The number of aliphatic hydroxyl groups is 5. The van der Waals surface area contributed by atoms with Gasteiger partial charge in [-0.2, -0.15) is 0 Å². The lowest BCUT2D eigenvalue weighted by molar-refractivity contribution is -0.149. The molecule has 3 fully saturated rings. The molecule has 3 aliphatic carbocycles. The molecule has 0 aliphatic heterocycles. The van der Waals surface area contributed by atoms with Gasteiger partial charge in [0, 0.05) is 17.8 Å². The number of hydrogen-bond donors (Lipinski definition) is 5. The lowest BCUT2D eigenvalue weighted by Gasteiger charge is -2.48. The molecule has 26 heavy (non-hydrogen) atoms. The van der Waals surface area contributed by atoms with Crippen LogP contribution in [0.4, 0.5) is 0 Å². The summed E-state index contributed by atoms with van der Waals surface area (Å²) in [4.78, 5) is 12.8. The Bertz CT molecular complexity index is 611. The van der Waals surface area contributed by atoms with Crippen molar-refractivity contribution in [3.05, 3.63) is 12.2 Å². The van der Waals surface area contributed by atoms with Gasteiger partial charge in [0.25, 0.3) is 0 Å². The van der Waals surface area contributed by atoms with Crippen molar-refractivity contribution in [1.29, 1.82) is 0 Å². The Kier molecular flexibility index (Phi) is 4.69. The van der Waals surface area contributed by atoms with E-state index in [-0.39, 0.29) is 31.1 Å². The van der Waals surface area contributed by atoms with Gasteiger partial charge in [0.2, 0.25) is 0 Å². The van der Waals surface area contributed by atoms with Crippen LogP contribution in [0, 0.1) is 22.7 Å². The van der Waals surface area contributed by atoms with Crippen LogP contribution < -0.4 is 0 Å². The predicted octanol–water partition coefficient (Wildman–Crippen LogP) is 0.543. The first kappa shape index (κ1) is 20.0. The molecule has 8 atom stereocenters. The summed E-state index contributed by atoms with van der Waals surface area (Å²) < 4.78 is 0. The fourth-order valence-electron chi connectivity index (χ4n) is 5.90. The zero-order valence-electron chi connectivity index (χ0n) is 15.9. The lowest BCUT2D eigenvalue weighted by Crippen LogP contribution is -2.53. The molecule has 6 heteroatoms. The summed E-state index contributed by atoms with van der Waals surface area (Å²) in [5, 5.41) is 53.7. The van der Waals surface area contributed by atoms with E-state index < -0.39 is 46.6 Å². The van der Waals surface area contributed by atoms with Gasteiger partial charge in [-0.05, 0) is 44.1 Å². The number of Topliss-reactive ketones (excluding diaryl/α,β-unsaturated/α-hetero) is 1. The zero-order valence-corrected chi connectivity index (χ0v) is 15.9. The van der Waals surface area contributed by atoms with Gasteiger partial charge in [-0.15, -0.1) is 0 Å². The van der Waals surface area contributed by atoms with Crippen LogP contribution in [0.3, 0.4) is 0 Å². The molecule has 0 radical (unpaired) electrons. The maximum atomic E-state index is 12.8. The monoisotopic (exact) mass is 368 g/mol. The Labute approximate surface area is 154 Å². The number of fused-ring (bicyclic) bond motifs is 1. The standard InChI is InChI=1S/C20H32O6/c1-10-11-5-6-12-16(24)20(11,9-19(12,4)26)8-14(22)17(25)18(2,3)15(23)7-13(10)21/h11-16,21-24,26H,1,5-9H2,2-4H3/t11-,12+,13-,14+,15-,16+,19+,20?/m0/s1. The maximum absolute atomic E-state index is 12.8. The number of ketones is 1. The normalized spacial score (nSPS) is 51.8. The van der Waals surface area contributed by atoms with E-state index in [0.717, 1.165) is 0 Å². The van der Waals surface area contributed by atoms with Crippen molar-refractivity contribution in [3.8, 4) is 0 Å². The number of hydrogen-bond acceptors (Lipinski definition) is 6. The zero-order chi connectivity index (χ0) is 19.7. The van der Waals surface area contributed by atoms with Gasteiger partial charge in [-0.1, -0.05) is 20.4 Å². The summed E-state index contributed by atoms with van der Waals surface area (Å²) >= 11 is 0. The smallest absolute Gasteiger partial charge is 0.169 e. The van der Waals surface area contributed by atoms with Crippen molar-refractivity contribution in [2.75, 3.05) is 0 Å². The summed E-state index contributed by atoms with van der Waals surface area (Å²) in [6.45, 7) is 8.86. The van der Waals surface area contributed by atoms with E-state index in [0.29, 0.717) is 18.4 Å². The van der Waals surface area contributed by atoms with Crippen LogP contribution in [-0.2, 0) is 4.79 Å². The van der Waals surface area contributed by atoms with Crippen LogP contribution in [0.1, 0.15) is 52.9 Å². The molecule has 2 bridgehead atoms. The van der Waals surface area contributed by atoms with Gasteiger partial charge in [0.05, 0.1) is 29.3 Å². The molecule has 6 nitrogen and oxygen atoms in total. The Balaban J connectivity index is 2.09. The highest BCUT2D eigenvalue weighted by atomic mass is 16.3. The van der Waals surface area contributed by atoms with Crippen molar-refractivity contribution in [1.82, 2.24) is 0 Å². The Morgan fingerprint density at radius 3 is 2.27 bits per heavy atom. The summed E-state index contributed by atoms with van der Waals surface area (Å²) in [7, 11) is 0. The fraction of sp³-hybridized carbons (Fsp3) is 0.850. The highest BCUT2D eigenvalue weighted by molar-refractivity contribution is 5.88. The van der Waals surface area contributed by atoms with Crippen molar-refractivity contribution < 1.29 is 30.3 Å².